The molecule has 118 valence electrons. The second-order valence-corrected chi connectivity index (χ2v) is 5.17. The van der Waals surface area contributed by atoms with E-state index < -0.39 is 5.54 Å². The summed E-state index contributed by atoms with van der Waals surface area (Å²) in [5, 5.41) is 2.97. The standard InChI is InChI=1S/C16H26N2O3/c1-6-16(17,7-2)15(19)18-11(3)13-9-8-12(20-4)10-14(13)21-5/h8-11H,6-7,17H2,1-5H3,(H,18,19). The Hall–Kier alpha value is -1.75. The first kappa shape index (κ1) is 17.3. The van der Waals surface area contributed by atoms with Crippen LogP contribution in [0.3, 0.4) is 0 Å². The normalized spacial score (nSPS) is 12.7. The summed E-state index contributed by atoms with van der Waals surface area (Å²) in [4.78, 5) is 12.3. The van der Waals surface area contributed by atoms with Crippen molar-refractivity contribution in [1.29, 1.82) is 0 Å². The summed E-state index contributed by atoms with van der Waals surface area (Å²) in [6, 6.07) is 5.33. The van der Waals surface area contributed by atoms with E-state index in [0.717, 1.165) is 5.56 Å². The van der Waals surface area contributed by atoms with Crippen molar-refractivity contribution in [2.45, 2.75) is 45.2 Å². The Labute approximate surface area is 126 Å². The van der Waals surface area contributed by atoms with Gasteiger partial charge < -0.3 is 20.5 Å². The Kier molecular flexibility index (Phi) is 6.03. The van der Waals surface area contributed by atoms with Crippen molar-refractivity contribution in [3.63, 3.8) is 0 Å². The largest absolute Gasteiger partial charge is 0.497 e. The minimum absolute atomic E-state index is 0.141. The molecule has 0 aromatic heterocycles. The zero-order valence-corrected chi connectivity index (χ0v) is 13.5. The summed E-state index contributed by atoms with van der Waals surface area (Å²) in [5.74, 6) is 1.25. The zero-order valence-electron chi connectivity index (χ0n) is 13.5. The quantitative estimate of drug-likeness (QED) is 0.810. The van der Waals surface area contributed by atoms with Gasteiger partial charge in [-0.1, -0.05) is 13.8 Å². The predicted molar refractivity (Wildman–Crippen MR) is 83.6 cm³/mol. The van der Waals surface area contributed by atoms with Crippen LogP contribution >= 0.6 is 0 Å². The third-order valence-corrected chi connectivity index (χ3v) is 3.97. The number of benzene rings is 1. The Balaban J connectivity index is 2.94. The molecule has 1 atom stereocenters. The van der Waals surface area contributed by atoms with Gasteiger partial charge in [-0.3, -0.25) is 4.79 Å². The van der Waals surface area contributed by atoms with E-state index in [-0.39, 0.29) is 11.9 Å². The first-order valence-electron chi connectivity index (χ1n) is 7.23. The second kappa shape index (κ2) is 7.31. The molecule has 1 unspecified atom stereocenters. The van der Waals surface area contributed by atoms with Crippen molar-refractivity contribution in [1.82, 2.24) is 5.32 Å². The van der Waals surface area contributed by atoms with E-state index >= 15 is 0 Å². The average molecular weight is 294 g/mol. The molecule has 0 aliphatic carbocycles. The zero-order chi connectivity index (χ0) is 16.0. The third kappa shape index (κ3) is 3.88. The van der Waals surface area contributed by atoms with Crippen LogP contribution in [0.2, 0.25) is 0 Å². The SMILES string of the molecule is CCC(N)(CC)C(=O)NC(C)c1ccc(OC)cc1OC. The molecule has 1 aromatic rings. The van der Waals surface area contributed by atoms with Gasteiger partial charge >= 0.3 is 0 Å². The second-order valence-electron chi connectivity index (χ2n) is 5.17. The fraction of sp³-hybridized carbons (Fsp3) is 0.562. The van der Waals surface area contributed by atoms with Gasteiger partial charge in [0, 0.05) is 11.6 Å². The Morgan fingerprint density at radius 2 is 1.90 bits per heavy atom. The molecule has 0 bridgehead atoms. The molecule has 1 amide bonds. The van der Waals surface area contributed by atoms with Crippen molar-refractivity contribution in [2.24, 2.45) is 5.73 Å². The number of amides is 1. The van der Waals surface area contributed by atoms with Gasteiger partial charge in [0.25, 0.3) is 0 Å². The Morgan fingerprint density at radius 3 is 2.38 bits per heavy atom. The van der Waals surface area contributed by atoms with Gasteiger partial charge in [0.1, 0.15) is 11.5 Å². The van der Waals surface area contributed by atoms with Crippen LogP contribution in [-0.2, 0) is 4.79 Å². The van der Waals surface area contributed by atoms with Crippen molar-refractivity contribution in [3.05, 3.63) is 23.8 Å². The number of methoxy groups -OCH3 is 2. The van der Waals surface area contributed by atoms with E-state index in [0.29, 0.717) is 24.3 Å². The van der Waals surface area contributed by atoms with Gasteiger partial charge in [-0.25, -0.2) is 0 Å². The molecule has 0 aliphatic heterocycles. The molecule has 1 aromatic carbocycles. The Morgan fingerprint density at radius 1 is 1.29 bits per heavy atom. The van der Waals surface area contributed by atoms with Crippen LogP contribution in [0.25, 0.3) is 0 Å². The minimum atomic E-state index is -0.825. The maximum Gasteiger partial charge on any atom is 0.240 e. The van der Waals surface area contributed by atoms with E-state index in [1.807, 2.05) is 32.9 Å². The molecule has 0 spiro atoms. The molecular formula is C16H26N2O3. The average Bonchev–Trinajstić information content (AvgIpc) is 2.52. The molecule has 1 rings (SSSR count). The molecule has 0 radical (unpaired) electrons. The van der Waals surface area contributed by atoms with E-state index in [2.05, 4.69) is 5.32 Å². The summed E-state index contributed by atoms with van der Waals surface area (Å²) in [5.41, 5.74) is 6.18. The number of ether oxygens (including phenoxy) is 2. The number of carbonyl (C=O) groups is 1. The third-order valence-electron chi connectivity index (χ3n) is 3.97. The summed E-state index contributed by atoms with van der Waals surface area (Å²) in [7, 11) is 3.20. The predicted octanol–water partition coefficient (Wildman–Crippen LogP) is 2.40. The van der Waals surface area contributed by atoms with Crippen molar-refractivity contribution < 1.29 is 14.3 Å². The van der Waals surface area contributed by atoms with Gasteiger partial charge in [-0.05, 0) is 31.9 Å². The van der Waals surface area contributed by atoms with E-state index in [9.17, 15) is 4.79 Å². The number of carbonyl (C=O) groups excluding carboxylic acids is 1. The maximum absolute atomic E-state index is 12.3. The van der Waals surface area contributed by atoms with Crippen LogP contribution in [0, 0.1) is 0 Å². The van der Waals surface area contributed by atoms with Crippen LogP contribution < -0.4 is 20.5 Å². The first-order valence-corrected chi connectivity index (χ1v) is 7.23. The number of nitrogens with one attached hydrogen (secondary N) is 1. The van der Waals surface area contributed by atoms with Crippen molar-refractivity contribution in [2.75, 3.05) is 14.2 Å². The fourth-order valence-corrected chi connectivity index (χ4v) is 2.17. The molecule has 21 heavy (non-hydrogen) atoms. The van der Waals surface area contributed by atoms with Crippen LogP contribution in [0.4, 0.5) is 0 Å². The molecule has 0 heterocycles. The highest BCUT2D eigenvalue weighted by Crippen LogP contribution is 2.29. The van der Waals surface area contributed by atoms with Crippen LogP contribution in [-0.4, -0.2) is 25.7 Å². The van der Waals surface area contributed by atoms with Crippen LogP contribution in [0.15, 0.2) is 18.2 Å². The van der Waals surface area contributed by atoms with Gasteiger partial charge in [0.05, 0.1) is 25.8 Å². The fourth-order valence-electron chi connectivity index (χ4n) is 2.17. The molecule has 0 saturated carbocycles. The molecular weight excluding hydrogens is 268 g/mol. The summed E-state index contributed by atoms with van der Waals surface area (Å²) < 4.78 is 10.5. The number of hydrogen-bond donors (Lipinski definition) is 2. The molecule has 0 saturated heterocycles. The molecule has 5 heteroatoms. The monoisotopic (exact) mass is 294 g/mol. The summed E-state index contributed by atoms with van der Waals surface area (Å²) in [6.07, 6.45) is 1.20. The first-order chi connectivity index (χ1) is 9.91. The van der Waals surface area contributed by atoms with E-state index in [1.165, 1.54) is 0 Å². The van der Waals surface area contributed by atoms with Crippen molar-refractivity contribution >= 4 is 5.91 Å². The van der Waals surface area contributed by atoms with Crippen molar-refractivity contribution in [3.8, 4) is 11.5 Å². The molecule has 0 fully saturated rings. The molecule has 3 N–H and O–H groups in total. The van der Waals surface area contributed by atoms with Crippen LogP contribution in [0.1, 0.15) is 45.2 Å². The minimum Gasteiger partial charge on any atom is -0.497 e. The molecule has 5 nitrogen and oxygen atoms in total. The highest BCUT2D eigenvalue weighted by molar-refractivity contribution is 5.86. The van der Waals surface area contributed by atoms with E-state index in [4.69, 9.17) is 15.2 Å². The lowest BCUT2D eigenvalue weighted by Gasteiger charge is -2.28. The van der Waals surface area contributed by atoms with Crippen LogP contribution in [0.5, 0.6) is 11.5 Å². The summed E-state index contributed by atoms with van der Waals surface area (Å²) >= 11 is 0. The lowest BCUT2D eigenvalue weighted by Crippen LogP contribution is -2.53. The summed E-state index contributed by atoms with van der Waals surface area (Å²) in [6.45, 7) is 5.75. The maximum atomic E-state index is 12.3. The highest BCUT2D eigenvalue weighted by Gasteiger charge is 2.31. The number of nitrogens with two attached hydrogens (primary N) is 1. The number of rotatable bonds is 7. The van der Waals surface area contributed by atoms with E-state index in [1.54, 1.807) is 20.3 Å². The number of hydrogen-bond acceptors (Lipinski definition) is 4. The van der Waals surface area contributed by atoms with Gasteiger partial charge in [0.2, 0.25) is 5.91 Å². The lowest BCUT2D eigenvalue weighted by atomic mass is 9.92. The topological polar surface area (TPSA) is 73.6 Å². The Bertz CT molecular complexity index is 484. The smallest absolute Gasteiger partial charge is 0.240 e. The van der Waals surface area contributed by atoms with Gasteiger partial charge in [-0.15, -0.1) is 0 Å². The lowest BCUT2D eigenvalue weighted by molar-refractivity contribution is -0.127. The van der Waals surface area contributed by atoms with Gasteiger partial charge in [-0.2, -0.15) is 0 Å². The molecule has 0 aliphatic rings. The highest BCUT2D eigenvalue weighted by atomic mass is 16.5. The van der Waals surface area contributed by atoms with Gasteiger partial charge in [0.15, 0.2) is 0 Å².